The van der Waals surface area contributed by atoms with E-state index in [4.69, 9.17) is 20.1 Å². The number of carboxylic acid groups (broad SMARTS) is 2. The normalized spacial score (nSPS) is 29.9. The summed E-state index contributed by atoms with van der Waals surface area (Å²) in [5.41, 5.74) is 0. The minimum absolute atomic E-state index is 0.0716. The third-order valence-electron chi connectivity index (χ3n) is 2.93. The number of carboxylic acids is 2. The van der Waals surface area contributed by atoms with Crippen molar-refractivity contribution in [1.29, 1.82) is 0 Å². The predicted molar refractivity (Wildman–Crippen MR) is 52.9 cm³/mol. The van der Waals surface area contributed by atoms with Crippen molar-refractivity contribution >= 4 is 11.9 Å². The van der Waals surface area contributed by atoms with Gasteiger partial charge in [0.25, 0.3) is 0 Å². The molecule has 0 amide bonds. The maximum absolute atomic E-state index is 10.7. The molecule has 6 nitrogen and oxygen atoms in total. The molecule has 1 aliphatic rings. The SMILES string of the molecule is O=C(O)CC1CCOC(CO)C1CC(=O)O. The van der Waals surface area contributed by atoms with E-state index in [-0.39, 0.29) is 25.4 Å². The molecule has 0 aliphatic carbocycles. The standard InChI is InChI=1S/C10H16O6/c11-5-8-7(4-10(14)15)6(1-2-16-8)3-9(12)13/h6-8,11H,1-5H2,(H,12,13)(H,14,15). The zero-order valence-corrected chi connectivity index (χ0v) is 8.83. The Labute approximate surface area is 92.8 Å². The monoisotopic (exact) mass is 232 g/mol. The molecule has 0 spiro atoms. The summed E-state index contributed by atoms with van der Waals surface area (Å²) in [5, 5.41) is 26.5. The minimum Gasteiger partial charge on any atom is -0.481 e. The van der Waals surface area contributed by atoms with E-state index in [1.54, 1.807) is 0 Å². The van der Waals surface area contributed by atoms with Crippen LogP contribution in [0.15, 0.2) is 0 Å². The lowest BCUT2D eigenvalue weighted by Crippen LogP contribution is -2.40. The summed E-state index contributed by atoms with van der Waals surface area (Å²) in [6, 6.07) is 0. The first-order valence-corrected chi connectivity index (χ1v) is 5.20. The molecule has 0 aromatic rings. The highest BCUT2D eigenvalue weighted by atomic mass is 16.5. The van der Waals surface area contributed by atoms with Crippen molar-refractivity contribution in [1.82, 2.24) is 0 Å². The molecule has 1 fully saturated rings. The van der Waals surface area contributed by atoms with Gasteiger partial charge in [0.05, 0.1) is 19.1 Å². The van der Waals surface area contributed by atoms with E-state index in [0.717, 1.165) is 0 Å². The molecule has 6 heteroatoms. The number of aliphatic carboxylic acids is 2. The summed E-state index contributed by atoms with van der Waals surface area (Å²) >= 11 is 0. The summed E-state index contributed by atoms with van der Waals surface area (Å²) in [7, 11) is 0. The lowest BCUT2D eigenvalue weighted by Gasteiger charge is -2.35. The van der Waals surface area contributed by atoms with Crippen molar-refractivity contribution in [3.8, 4) is 0 Å². The maximum atomic E-state index is 10.7. The predicted octanol–water partition coefficient (Wildman–Crippen LogP) is -0.0506. The van der Waals surface area contributed by atoms with E-state index in [1.807, 2.05) is 0 Å². The Morgan fingerprint density at radius 2 is 1.81 bits per heavy atom. The first-order valence-electron chi connectivity index (χ1n) is 5.20. The number of hydrogen-bond donors (Lipinski definition) is 3. The zero-order chi connectivity index (χ0) is 12.1. The van der Waals surface area contributed by atoms with Crippen molar-refractivity contribution < 1.29 is 29.6 Å². The van der Waals surface area contributed by atoms with Crippen LogP contribution in [0, 0.1) is 11.8 Å². The topological polar surface area (TPSA) is 104 Å². The van der Waals surface area contributed by atoms with Gasteiger partial charge in [-0.3, -0.25) is 9.59 Å². The molecule has 0 bridgehead atoms. The van der Waals surface area contributed by atoms with Crippen LogP contribution in [0.3, 0.4) is 0 Å². The van der Waals surface area contributed by atoms with Gasteiger partial charge in [0, 0.05) is 18.9 Å². The maximum Gasteiger partial charge on any atom is 0.303 e. The molecule has 0 aromatic carbocycles. The summed E-state index contributed by atoms with van der Waals surface area (Å²) in [6.07, 6.45) is -0.268. The highest BCUT2D eigenvalue weighted by Crippen LogP contribution is 2.32. The summed E-state index contributed by atoms with van der Waals surface area (Å²) in [5.74, 6) is -2.60. The van der Waals surface area contributed by atoms with Gasteiger partial charge < -0.3 is 20.1 Å². The van der Waals surface area contributed by atoms with Gasteiger partial charge in [-0.1, -0.05) is 0 Å². The fourth-order valence-corrected chi connectivity index (χ4v) is 2.18. The van der Waals surface area contributed by atoms with Crippen molar-refractivity contribution in [3.05, 3.63) is 0 Å². The van der Waals surface area contributed by atoms with Crippen molar-refractivity contribution in [2.45, 2.75) is 25.4 Å². The van der Waals surface area contributed by atoms with Gasteiger partial charge in [-0.05, 0) is 12.3 Å². The fourth-order valence-electron chi connectivity index (χ4n) is 2.18. The zero-order valence-electron chi connectivity index (χ0n) is 8.83. The van der Waals surface area contributed by atoms with Crippen LogP contribution < -0.4 is 0 Å². The van der Waals surface area contributed by atoms with Gasteiger partial charge in [-0.25, -0.2) is 0 Å². The van der Waals surface area contributed by atoms with Crippen molar-refractivity contribution in [2.24, 2.45) is 11.8 Å². The number of rotatable bonds is 5. The molecule has 3 N–H and O–H groups in total. The summed E-state index contributed by atoms with van der Waals surface area (Å²) < 4.78 is 5.25. The molecule has 1 saturated heterocycles. The van der Waals surface area contributed by atoms with E-state index in [2.05, 4.69) is 0 Å². The van der Waals surface area contributed by atoms with E-state index >= 15 is 0 Å². The highest BCUT2D eigenvalue weighted by molar-refractivity contribution is 5.68. The van der Waals surface area contributed by atoms with Crippen molar-refractivity contribution in [3.63, 3.8) is 0 Å². The molecule has 92 valence electrons. The van der Waals surface area contributed by atoms with Gasteiger partial charge in [-0.2, -0.15) is 0 Å². The Balaban J connectivity index is 2.69. The molecular weight excluding hydrogens is 216 g/mol. The second-order valence-electron chi connectivity index (χ2n) is 4.00. The number of aliphatic hydroxyl groups is 1. The molecule has 1 aliphatic heterocycles. The Kier molecular flexibility index (Phi) is 4.70. The smallest absolute Gasteiger partial charge is 0.303 e. The number of aliphatic hydroxyl groups excluding tert-OH is 1. The fraction of sp³-hybridized carbons (Fsp3) is 0.800. The molecular formula is C10H16O6. The van der Waals surface area contributed by atoms with Crippen LogP contribution in [0.25, 0.3) is 0 Å². The van der Waals surface area contributed by atoms with Crippen LogP contribution in [-0.2, 0) is 14.3 Å². The van der Waals surface area contributed by atoms with E-state index < -0.39 is 24.0 Å². The average molecular weight is 232 g/mol. The summed E-state index contributed by atoms with van der Waals surface area (Å²) in [4.78, 5) is 21.3. The second-order valence-corrected chi connectivity index (χ2v) is 4.00. The first kappa shape index (κ1) is 12.9. The van der Waals surface area contributed by atoms with E-state index in [1.165, 1.54) is 0 Å². The Morgan fingerprint density at radius 1 is 1.19 bits per heavy atom. The number of hydrogen-bond acceptors (Lipinski definition) is 4. The third kappa shape index (κ3) is 3.46. The Morgan fingerprint density at radius 3 is 2.31 bits per heavy atom. The number of carbonyl (C=O) groups is 2. The molecule has 16 heavy (non-hydrogen) atoms. The molecule has 1 heterocycles. The first-order chi connectivity index (χ1) is 7.54. The van der Waals surface area contributed by atoms with Crippen LogP contribution in [0.5, 0.6) is 0 Å². The molecule has 1 rings (SSSR count). The van der Waals surface area contributed by atoms with Crippen LogP contribution in [0.4, 0.5) is 0 Å². The third-order valence-corrected chi connectivity index (χ3v) is 2.93. The van der Waals surface area contributed by atoms with E-state index in [0.29, 0.717) is 13.0 Å². The van der Waals surface area contributed by atoms with Gasteiger partial charge in [-0.15, -0.1) is 0 Å². The van der Waals surface area contributed by atoms with Crippen LogP contribution >= 0.6 is 0 Å². The van der Waals surface area contributed by atoms with Crippen molar-refractivity contribution in [2.75, 3.05) is 13.2 Å². The van der Waals surface area contributed by atoms with Gasteiger partial charge in [0.15, 0.2) is 0 Å². The molecule has 3 atom stereocenters. The number of ether oxygens (including phenoxy) is 1. The largest absolute Gasteiger partial charge is 0.481 e. The summed E-state index contributed by atoms with van der Waals surface area (Å²) in [6.45, 7) is 0.105. The highest BCUT2D eigenvalue weighted by Gasteiger charge is 2.36. The molecule has 0 radical (unpaired) electrons. The van der Waals surface area contributed by atoms with Crippen LogP contribution in [0.2, 0.25) is 0 Å². The lowest BCUT2D eigenvalue weighted by molar-refractivity contribution is -0.149. The second kappa shape index (κ2) is 5.81. The Bertz CT molecular complexity index is 264. The minimum atomic E-state index is -0.996. The Hall–Kier alpha value is -1.14. The van der Waals surface area contributed by atoms with E-state index in [9.17, 15) is 9.59 Å². The quantitative estimate of drug-likeness (QED) is 0.614. The lowest BCUT2D eigenvalue weighted by atomic mass is 9.79. The molecule has 0 saturated carbocycles. The van der Waals surface area contributed by atoms with Crippen LogP contribution in [-0.4, -0.2) is 46.6 Å². The van der Waals surface area contributed by atoms with Crippen LogP contribution in [0.1, 0.15) is 19.3 Å². The van der Waals surface area contributed by atoms with Gasteiger partial charge in [0.1, 0.15) is 0 Å². The molecule has 0 aromatic heterocycles. The average Bonchev–Trinajstić information content (AvgIpc) is 2.19. The van der Waals surface area contributed by atoms with Gasteiger partial charge in [0.2, 0.25) is 0 Å². The molecule has 3 unspecified atom stereocenters. The van der Waals surface area contributed by atoms with Gasteiger partial charge >= 0.3 is 11.9 Å².